The van der Waals surface area contributed by atoms with Crippen molar-refractivity contribution in [2.24, 2.45) is 5.73 Å². The van der Waals surface area contributed by atoms with Gasteiger partial charge in [-0.1, -0.05) is 152 Å². The molecule has 3 N–H and O–H groups in total. The predicted molar refractivity (Wildman–Crippen MR) is 210 cm³/mol. The zero-order valence-corrected chi connectivity index (χ0v) is 33.0. The van der Waals surface area contributed by atoms with E-state index in [2.05, 4.69) is 62.5 Å². The SMILES string of the molecule is CCCCCC=CCC=CCC=CCC=CCC=CCCC(=O)OCC(COP(=O)(O)OCCN)OC(=O)CCCCCCCCCCCCC. The quantitative estimate of drug-likeness (QED) is 0.0279. The first kappa shape index (κ1) is 48.7. The highest BCUT2D eigenvalue weighted by Gasteiger charge is 2.25. The van der Waals surface area contributed by atoms with Crippen molar-refractivity contribution < 1.29 is 37.6 Å². The molecule has 0 rings (SSSR count). The third-order valence-electron chi connectivity index (χ3n) is 7.92. The second kappa shape index (κ2) is 37.5. The molecule has 0 aromatic rings. The fourth-order valence-electron chi connectivity index (χ4n) is 4.97. The van der Waals surface area contributed by atoms with E-state index in [9.17, 15) is 19.0 Å². The molecular weight excluding hydrogens is 665 g/mol. The number of allylic oxidation sites excluding steroid dienone is 10. The zero-order chi connectivity index (χ0) is 37.5. The van der Waals surface area contributed by atoms with E-state index in [1.165, 1.54) is 70.6 Å². The second-order valence-corrected chi connectivity index (χ2v) is 14.3. The maximum atomic E-state index is 12.5. The number of hydrogen-bond acceptors (Lipinski definition) is 8. The summed E-state index contributed by atoms with van der Waals surface area (Å²) in [7, 11) is -4.39. The van der Waals surface area contributed by atoms with Crippen LogP contribution in [0.3, 0.4) is 0 Å². The van der Waals surface area contributed by atoms with Crippen molar-refractivity contribution in [3.8, 4) is 0 Å². The van der Waals surface area contributed by atoms with E-state index in [1.807, 2.05) is 12.2 Å². The van der Waals surface area contributed by atoms with E-state index < -0.39 is 32.5 Å². The fraction of sp³-hybridized carbons (Fsp3) is 0.707. The largest absolute Gasteiger partial charge is 0.472 e. The molecule has 10 heteroatoms. The van der Waals surface area contributed by atoms with Crippen LogP contribution >= 0.6 is 7.82 Å². The molecule has 51 heavy (non-hydrogen) atoms. The summed E-state index contributed by atoms with van der Waals surface area (Å²) in [5.74, 6) is -0.929. The summed E-state index contributed by atoms with van der Waals surface area (Å²) in [6, 6.07) is 0. The van der Waals surface area contributed by atoms with Crippen LogP contribution in [0.4, 0.5) is 0 Å². The van der Waals surface area contributed by atoms with Gasteiger partial charge in [-0.3, -0.25) is 18.6 Å². The minimum absolute atomic E-state index is 0.0426. The number of nitrogens with two attached hydrogens (primary N) is 1. The van der Waals surface area contributed by atoms with Gasteiger partial charge >= 0.3 is 19.8 Å². The standard InChI is InChI=1S/C41H72NO8P/c1-3-5-7-9-11-13-15-16-17-18-19-20-21-22-24-25-27-29-31-33-40(43)47-37-39(38-49-51(45,46)48-36-35-42)50-41(44)34-32-30-28-26-23-14-12-10-8-6-4-2/h11,13,16-17,19-20,22,24,27,29,39H,3-10,12,14-15,18,21,23,25-26,28,30-38,42H2,1-2H3,(H,45,46). The predicted octanol–water partition coefficient (Wildman–Crippen LogP) is 10.9. The monoisotopic (exact) mass is 737 g/mol. The molecule has 0 radical (unpaired) electrons. The van der Waals surface area contributed by atoms with Gasteiger partial charge in [0.2, 0.25) is 0 Å². The average Bonchev–Trinajstić information content (AvgIpc) is 3.11. The van der Waals surface area contributed by atoms with Gasteiger partial charge in [-0.15, -0.1) is 0 Å². The van der Waals surface area contributed by atoms with E-state index in [4.69, 9.17) is 24.3 Å². The fourth-order valence-corrected chi connectivity index (χ4v) is 5.73. The molecule has 0 bridgehead atoms. The first-order valence-electron chi connectivity index (χ1n) is 19.8. The van der Waals surface area contributed by atoms with Gasteiger partial charge in [-0.2, -0.15) is 0 Å². The van der Waals surface area contributed by atoms with Gasteiger partial charge in [0.1, 0.15) is 6.61 Å². The summed E-state index contributed by atoms with van der Waals surface area (Å²) in [4.78, 5) is 34.7. The molecule has 0 aromatic heterocycles. The van der Waals surface area contributed by atoms with Crippen molar-refractivity contribution in [2.75, 3.05) is 26.4 Å². The lowest BCUT2D eigenvalue weighted by Crippen LogP contribution is -2.29. The van der Waals surface area contributed by atoms with E-state index in [1.54, 1.807) is 0 Å². The first-order valence-corrected chi connectivity index (χ1v) is 21.3. The van der Waals surface area contributed by atoms with Gasteiger partial charge in [0.25, 0.3) is 0 Å². The van der Waals surface area contributed by atoms with Gasteiger partial charge in [-0.05, 0) is 51.4 Å². The van der Waals surface area contributed by atoms with Gasteiger partial charge in [0.05, 0.1) is 13.2 Å². The summed E-state index contributed by atoms with van der Waals surface area (Å²) >= 11 is 0. The Morgan fingerprint density at radius 3 is 1.59 bits per heavy atom. The van der Waals surface area contributed by atoms with E-state index in [-0.39, 0.29) is 32.6 Å². The second-order valence-electron chi connectivity index (χ2n) is 12.8. The Labute approximate surface area is 310 Å². The highest BCUT2D eigenvalue weighted by atomic mass is 31.2. The van der Waals surface area contributed by atoms with Crippen molar-refractivity contribution in [3.63, 3.8) is 0 Å². The third kappa shape index (κ3) is 37.3. The molecular formula is C41H72NO8P. The number of esters is 2. The van der Waals surface area contributed by atoms with Crippen LogP contribution in [0.5, 0.6) is 0 Å². The number of phosphoric acid groups is 1. The lowest BCUT2D eigenvalue weighted by molar-refractivity contribution is -0.161. The molecule has 0 amide bonds. The van der Waals surface area contributed by atoms with Crippen LogP contribution in [0.2, 0.25) is 0 Å². The van der Waals surface area contributed by atoms with Crippen LogP contribution in [-0.2, 0) is 32.7 Å². The van der Waals surface area contributed by atoms with Crippen molar-refractivity contribution in [1.82, 2.24) is 0 Å². The molecule has 294 valence electrons. The summed E-state index contributed by atoms with van der Waals surface area (Å²) < 4.78 is 32.6. The minimum Gasteiger partial charge on any atom is -0.462 e. The van der Waals surface area contributed by atoms with E-state index >= 15 is 0 Å². The summed E-state index contributed by atoms with van der Waals surface area (Å²) in [5, 5.41) is 0. The van der Waals surface area contributed by atoms with Gasteiger partial charge < -0.3 is 20.1 Å². The lowest BCUT2D eigenvalue weighted by Gasteiger charge is -2.19. The summed E-state index contributed by atoms with van der Waals surface area (Å²) in [5.41, 5.74) is 5.33. The molecule has 0 aliphatic rings. The van der Waals surface area contributed by atoms with Gasteiger partial charge in [-0.25, -0.2) is 4.57 Å². The molecule has 0 aliphatic heterocycles. The summed E-state index contributed by atoms with van der Waals surface area (Å²) in [6.45, 7) is 3.59. The number of rotatable bonds is 36. The van der Waals surface area contributed by atoms with Crippen molar-refractivity contribution in [2.45, 2.75) is 161 Å². The highest BCUT2D eigenvalue weighted by molar-refractivity contribution is 7.47. The molecule has 2 unspecified atom stereocenters. The van der Waals surface area contributed by atoms with Crippen LogP contribution in [0.15, 0.2) is 60.8 Å². The van der Waals surface area contributed by atoms with E-state index in [0.29, 0.717) is 12.8 Å². The Morgan fingerprint density at radius 2 is 1.06 bits per heavy atom. The molecule has 0 saturated heterocycles. The highest BCUT2D eigenvalue weighted by Crippen LogP contribution is 2.43. The maximum Gasteiger partial charge on any atom is 0.472 e. The molecule has 0 saturated carbocycles. The number of carbonyl (C=O) groups excluding carboxylic acids is 2. The average molecular weight is 738 g/mol. The number of hydrogen-bond donors (Lipinski definition) is 2. The molecule has 0 aliphatic carbocycles. The zero-order valence-electron chi connectivity index (χ0n) is 32.1. The Kier molecular flexibility index (Phi) is 35.8. The molecule has 0 heterocycles. The van der Waals surface area contributed by atoms with Gasteiger partial charge in [0.15, 0.2) is 6.10 Å². The van der Waals surface area contributed by atoms with Crippen LogP contribution in [0.1, 0.15) is 155 Å². The molecule has 0 aromatic carbocycles. The van der Waals surface area contributed by atoms with Crippen molar-refractivity contribution in [1.29, 1.82) is 0 Å². The third-order valence-corrected chi connectivity index (χ3v) is 8.90. The molecule has 0 spiro atoms. The van der Waals surface area contributed by atoms with Crippen molar-refractivity contribution in [3.05, 3.63) is 60.8 Å². The minimum atomic E-state index is -4.39. The Bertz CT molecular complexity index is 1020. The summed E-state index contributed by atoms with van der Waals surface area (Å²) in [6.07, 6.45) is 42.7. The maximum absolute atomic E-state index is 12.5. The Hall–Kier alpha value is -2.29. The number of unbranched alkanes of at least 4 members (excludes halogenated alkanes) is 13. The first-order chi connectivity index (χ1) is 24.8. The number of carbonyl (C=O) groups is 2. The Balaban J connectivity index is 4.32. The topological polar surface area (TPSA) is 134 Å². The van der Waals surface area contributed by atoms with Crippen LogP contribution < -0.4 is 5.73 Å². The van der Waals surface area contributed by atoms with Crippen LogP contribution in [0, 0.1) is 0 Å². The smallest absolute Gasteiger partial charge is 0.462 e. The number of ether oxygens (including phenoxy) is 2. The molecule has 0 fully saturated rings. The Morgan fingerprint density at radius 1 is 0.588 bits per heavy atom. The number of phosphoric ester groups is 1. The van der Waals surface area contributed by atoms with Crippen molar-refractivity contribution >= 4 is 19.8 Å². The lowest BCUT2D eigenvalue weighted by atomic mass is 10.1. The molecule has 2 atom stereocenters. The van der Waals surface area contributed by atoms with Gasteiger partial charge in [0, 0.05) is 19.4 Å². The van der Waals surface area contributed by atoms with Crippen LogP contribution in [0.25, 0.3) is 0 Å². The normalized spacial score (nSPS) is 14.0. The van der Waals surface area contributed by atoms with Crippen LogP contribution in [-0.4, -0.2) is 49.3 Å². The van der Waals surface area contributed by atoms with E-state index in [0.717, 1.165) is 44.9 Å². The molecule has 9 nitrogen and oxygen atoms in total.